The van der Waals surface area contributed by atoms with Gasteiger partial charge in [0.05, 0.1) is 12.3 Å². The fourth-order valence-corrected chi connectivity index (χ4v) is 1.99. The van der Waals surface area contributed by atoms with Crippen molar-refractivity contribution >= 4 is 11.3 Å². The van der Waals surface area contributed by atoms with Crippen molar-refractivity contribution in [3.63, 3.8) is 0 Å². The molecule has 96 valence electrons. The third-order valence-corrected chi connectivity index (χ3v) is 2.89. The fraction of sp³-hybridized carbons (Fsp3) is 0.143. The lowest BCUT2D eigenvalue weighted by Gasteiger charge is -2.08. The van der Waals surface area contributed by atoms with E-state index in [0.29, 0.717) is 18.0 Å². The number of fused-ring (bicyclic) bond motifs is 1. The number of hydrogen-bond acceptors (Lipinski definition) is 4. The summed E-state index contributed by atoms with van der Waals surface area (Å²) in [4.78, 5) is 0. The van der Waals surface area contributed by atoms with Gasteiger partial charge in [-0.2, -0.15) is 0 Å². The number of benzene rings is 1. The molecule has 0 aliphatic carbocycles. The Bertz CT molecular complexity index is 720. The van der Waals surface area contributed by atoms with Crippen molar-refractivity contribution in [2.45, 2.75) is 6.92 Å². The first-order chi connectivity index (χ1) is 9.29. The summed E-state index contributed by atoms with van der Waals surface area (Å²) in [7, 11) is 0. The Labute approximate surface area is 110 Å². The maximum Gasteiger partial charge on any atom is 0.168 e. The van der Waals surface area contributed by atoms with Gasteiger partial charge in [0.2, 0.25) is 0 Å². The first-order valence-corrected chi connectivity index (χ1v) is 6.12. The molecule has 0 unspecified atom stereocenters. The SMILES string of the molecule is CCOc1cc(-c2nnc3ccccn23)ccc1N. The lowest BCUT2D eigenvalue weighted by Crippen LogP contribution is -1.98. The van der Waals surface area contributed by atoms with Gasteiger partial charge in [-0.1, -0.05) is 6.07 Å². The molecule has 0 radical (unpaired) electrons. The number of anilines is 1. The summed E-state index contributed by atoms with van der Waals surface area (Å²) in [5, 5.41) is 8.35. The Kier molecular flexibility index (Phi) is 2.79. The zero-order valence-electron chi connectivity index (χ0n) is 10.6. The second-order valence-electron chi connectivity index (χ2n) is 4.14. The minimum absolute atomic E-state index is 0.578. The van der Waals surface area contributed by atoms with E-state index in [1.54, 1.807) is 0 Å². The highest BCUT2D eigenvalue weighted by atomic mass is 16.5. The third kappa shape index (κ3) is 1.99. The lowest BCUT2D eigenvalue weighted by molar-refractivity contribution is 0.342. The Morgan fingerprint density at radius 1 is 1.21 bits per heavy atom. The van der Waals surface area contributed by atoms with Crippen LogP contribution in [0.4, 0.5) is 5.69 Å². The molecule has 0 amide bonds. The Hall–Kier alpha value is -2.56. The smallest absolute Gasteiger partial charge is 0.168 e. The summed E-state index contributed by atoms with van der Waals surface area (Å²) in [6.07, 6.45) is 1.93. The van der Waals surface area contributed by atoms with Crippen LogP contribution in [-0.2, 0) is 0 Å². The van der Waals surface area contributed by atoms with Gasteiger partial charge in [0.25, 0.3) is 0 Å². The van der Waals surface area contributed by atoms with Crippen molar-refractivity contribution < 1.29 is 4.74 Å². The number of pyridine rings is 1. The number of nitrogen functional groups attached to an aromatic ring is 1. The van der Waals surface area contributed by atoms with E-state index in [1.165, 1.54) is 0 Å². The van der Waals surface area contributed by atoms with Crippen LogP contribution in [0, 0.1) is 0 Å². The summed E-state index contributed by atoms with van der Waals surface area (Å²) in [6, 6.07) is 11.4. The Morgan fingerprint density at radius 2 is 2.11 bits per heavy atom. The van der Waals surface area contributed by atoms with Crippen molar-refractivity contribution in [3.8, 4) is 17.1 Å². The van der Waals surface area contributed by atoms with Gasteiger partial charge >= 0.3 is 0 Å². The van der Waals surface area contributed by atoms with E-state index in [1.807, 2.05) is 53.9 Å². The molecule has 1 aromatic carbocycles. The van der Waals surface area contributed by atoms with Crippen LogP contribution in [0.2, 0.25) is 0 Å². The largest absolute Gasteiger partial charge is 0.492 e. The minimum Gasteiger partial charge on any atom is -0.492 e. The minimum atomic E-state index is 0.578. The number of ether oxygens (including phenoxy) is 1. The quantitative estimate of drug-likeness (QED) is 0.729. The van der Waals surface area contributed by atoms with Crippen LogP contribution >= 0.6 is 0 Å². The molecule has 0 saturated heterocycles. The van der Waals surface area contributed by atoms with Crippen molar-refractivity contribution in [1.29, 1.82) is 0 Å². The van der Waals surface area contributed by atoms with Crippen LogP contribution in [-0.4, -0.2) is 21.2 Å². The van der Waals surface area contributed by atoms with Crippen LogP contribution in [0.15, 0.2) is 42.6 Å². The highest BCUT2D eigenvalue weighted by Gasteiger charge is 2.09. The van der Waals surface area contributed by atoms with E-state index < -0.39 is 0 Å². The Balaban J connectivity index is 2.13. The molecule has 19 heavy (non-hydrogen) atoms. The number of hydrogen-bond donors (Lipinski definition) is 1. The summed E-state index contributed by atoms with van der Waals surface area (Å²) in [5.74, 6) is 1.45. The molecule has 2 heterocycles. The first kappa shape index (κ1) is 11.5. The van der Waals surface area contributed by atoms with Gasteiger partial charge in [-0.25, -0.2) is 0 Å². The number of aromatic nitrogens is 3. The lowest BCUT2D eigenvalue weighted by atomic mass is 10.2. The molecule has 5 heteroatoms. The molecule has 0 spiro atoms. The van der Waals surface area contributed by atoms with Gasteiger partial charge in [-0.3, -0.25) is 4.40 Å². The molecule has 2 N–H and O–H groups in total. The van der Waals surface area contributed by atoms with Gasteiger partial charge < -0.3 is 10.5 Å². The van der Waals surface area contributed by atoms with E-state index in [2.05, 4.69) is 10.2 Å². The van der Waals surface area contributed by atoms with Gasteiger partial charge in [-0.05, 0) is 37.3 Å². The molecular weight excluding hydrogens is 240 g/mol. The maximum absolute atomic E-state index is 5.87. The second-order valence-corrected chi connectivity index (χ2v) is 4.14. The molecule has 3 rings (SSSR count). The molecule has 0 saturated carbocycles. The molecule has 0 aliphatic rings. The van der Waals surface area contributed by atoms with E-state index in [9.17, 15) is 0 Å². The van der Waals surface area contributed by atoms with Crippen LogP contribution in [0.5, 0.6) is 5.75 Å². The normalized spacial score (nSPS) is 10.8. The average Bonchev–Trinajstić information content (AvgIpc) is 2.85. The summed E-state index contributed by atoms with van der Waals surface area (Å²) < 4.78 is 7.44. The highest BCUT2D eigenvalue weighted by molar-refractivity contribution is 5.67. The molecule has 0 atom stereocenters. The average molecular weight is 254 g/mol. The molecule has 5 nitrogen and oxygen atoms in total. The predicted octanol–water partition coefficient (Wildman–Crippen LogP) is 2.38. The van der Waals surface area contributed by atoms with Crippen molar-refractivity contribution in [3.05, 3.63) is 42.6 Å². The molecular formula is C14H14N4O. The number of nitrogens with two attached hydrogens (primary N) is 1. The molecule has 0 aliphatic heterocycles. The van der Waals surface area contributed by atoms with Crippen molar-refractivity contribution in [2.75, 3.05) is 12.3 Å². The van der Waals surface area contributed by atoms with Crippen molar-refractivity contribution in [1.82, 2.24) is 14.6 Å². The van der Waals surface area contributed by atoms with Gasteiger partial charge in [0.1, 0.15) is 5.75 Å². The van der Waals surface area contributed by atoms with E-state index >= 15 is 0 Å². The van der Waals surface area contributed by atoms with Gasteiger partial charge in [-0.15, -0.1) is 10.2 Å². The molecule has 0 fully saturated rings. The van der Waals surface area contributed by atoms with E-state index in [0.717, 1.165) is 17.0 Å². The highest BCUT2D eigenvalue weighted by Crippen LogP contribution is 2.28. The molecule has 0 bridgehead atoms. The van der Waals surface area contributed by atoms with Gasteiger partial charge in [0.15, 0.2) is 11.5 Å². The van der Waals surface area contributed by atoms with Crippen LogP contribution < -0.4 is 10.5 Å². The topological polar surface area (TPSA) is 65.4 Å². The van der Waals surface area contributed by atoms with Crippen LogP contribution in [0.1, 0.15) is 6.92 Å². The maximum atomic E-state index is 5.87. The van der Waals surface area contributed by atoms with E-state index in [4.69, 9.17) is 10.5 Å². The number of nitrogens with zero attached hydrogens (tertiary/aromatic N) is 3. The van der Waals surface area contributed by atoms with Crippen molar-refractivity contribution in [2.24, 2.45) is 0 Å². The standard InChI is InChI=1S/C14H14N4O/c1-2-19-12-9-10(6-7-11(12)15)14-17-16-13-5-3-4-8-18(13)14/h3-9H,2,15H2,1H3. The third-order valence-electron chi connectivity index (χ3n) is 2.89. The zero-order valence-corrected chi connectivity index (χ0v) is 10.6. The molecule has 3 aromatic rings. The van der Waals surface area contributed by atoms with Gasteiger partial charge in [0, 0.05) is 11.8 Å². The molecule has 2 aromatic heterocycles. The summed E-state index contributed by atoms with van der Waals surface area (Å²) >= 11 is 0. The van der Waals surface area contributed by atoms with Crippen LogP contribution in [0.3, 0.4) is 0 Å². The van der Waals surface area contributed by atoms with E-state index in [-0.39, 0.29) is 0 Å². The second kappa shape index (κ2) is 4.61. The number of rotatable bonds is 3. The Morgan fingerprint density at radius 3 is 2.95 bits per heavy atom. The predicted molar refractivity (Wildman–Crippen MR) is 74.0 cm³/mol. The fourth-order valence-electron chi connectivity index (χ4n) is 1.99. The summed E-state index contributed by atoms with van der Waals surface area (Å²) in [5.41, 5.74) is 8.24. The van der Waals surface area contributed by atoms with Crippen LogP contribution in [0.25, 0.3) is 17.0 Å². The monoisotopic (exact) mass is 254 g/mol. The zero-order chi connectivity index (χ0) is 13.2. The first-order valence-electron chi connectivity index (χ1n) is 6.12. The summed E-state index contributed by atoms with van der Waals surface area (Å²) in [6.45, 7) is 2.51.